The van der Waals surface area contributed by atoms with Gasteiger partial charge in [0.25, 0.3) is 0 Å². The molecule has 0 amide bonds. The molecule has 2 aromatic rings. The largest absolute Gasteiger partial charge is 0.463 e. The highest BCUT2D eigenvalue weighted by Crippen LogP contribution is 2.42. The molecule has 0 aromatic carbocycles. The lowest BCUT2D eigenvalue weighted by Crippen LogP contribution is -2.54. The number of Topliss-reactive ketones (excluding diaryl/α,β-unsaturated/α-hetero) is 1. The summed E-state index contributed by atoms with van der Waals surface area (Å²) in [6.07, 6.45) is 0.298. The van der Waals surface area contributed by atoms with Crippen LogP contribution < -0.4 is 0 Å². The molecule has 1 N–H and O–H groups in total. The lowest BCUT2D eigenvalue weighted by molar-refractivity contribution is -0.170. The first-order valence-electron chi connectivity index (χ1n) is 8.07. The van der Waals surface area contributed by atoms with Crippen molar-refractivity contribution in [3.63, 3.8) is 0 Å². The van der Waals surface area contributed by atoms with E-state index in [2.05, 4.69) is 15.0 Å². The van der Waals surface area contributed by atoms with Crippen molar-refractivity contribution >= 4 is 28.9 Å². The van der Waals surface area contributed by atoms with Crippen LogP contribution in [-0.2, 0) is 28.6 Å². The fourth-order valence-electron chi connectivity index (χ4n) is 3.04. The summed E-state index contributed by atoms with van der Waals surface area (Å²) in [6, 6.07) is 0. The number of imidazole rings is 1. The predicted molar refractivity (Wildman–Crippen MR) is 87.1 cm³/mol. The molecule has 0 saturated carbocycles. The molecular formula is C16H18N4O7. The summed E-state index contributed by atoms with van der Waals surface area (Å²) in [5, 5.41) is 11.2. The smallest absolute Gasteiger partial charge is 0.303 e. The zero-order chi connectivity index (χ0) is 19.8. The predicted octanol–water partition coefficient (Wildman–Crippen LogP) is -0.461. The van der Waals surface area contributed by atoms with E-state index in [9.17, 15) is 19.5 Å². The SMILES string of the molecule is CC(=O)OC[C@H]1O[C@@H](n2cnc3cncnc32)[C@@](O)(C(C)=O)[C@@H]1OC(C)=O. The summed E-state index contributed by atoms with van der Waals surface area (Å²) in [6.45, 7) is 3.16. The first-order chi connectivity index (χ1) is 12.7. The van der Waals surface area contributed by atoms with Crippen molar-refractivity contribution < 1.29 is 33.7 Å². The van der Waals surface area contributed by atoms with Gasteiger partial charge in [0.05, 0.1) is 12.5 Å². The van der Waals surface area contributed by atoms with Crippen molar-refractivity contribution in [2.45, 2.75) is 44.8 Å². The Balaban J connectivity index is 2.07. The van der Waals surface area contributed by atoms with Crippen LogP contribution in [0.15, 0.2) is 18.9 Å². The van der Waals surface area contributed by atoms with Crippen LogP contribution in [0.1, 0.15) is 27.0 Å². The van der Waals surface area contributed by atoms with Crippen molar-refractivity contribution in [3.8, 4) is 0 Å². The molecular weight excluding hydrogens is 360 g/mol. The minimum atomic E-state index is -2.24. The van der Waals surface area contributed by atoms with Gasteiger partial charge in [-0.2, -0.15) is 0 Å². The Bertz CT molecular complexity index is 898. The first kappa shape index (κ1) is 18.9. The average molecular weight is 378 g/mol. The second-order valence-electron chi connectivity index (χ2n) is 6.12. The van der Waals surface area contributed by atoms with Crippen molar-refractivity contribution in [2.75, 3.05) is 6.61 Å². The molecule has 0 bridgehead atoms. The summed E-state index contributed by atoms with van der Waals surface area (Å²) in [7, 11) is 0. The van der Waals surface area contributed by atoms with Crippen LogP contribution in [0.5, 0.6) is 0 Å². The fraction of sp³-hybridized carbons (Fsp3) is 0.500. The minimum Gasteiger partial charge on any atom is -0.463 e. The highest BCUT2D eigenvalue weighted by Gasteiger charge is 2.62. The summed E-state index contributed by atoms with van der Waals surface area (Å²) in [5.74, 6) is -2.01. The maximum absolute atomic E-state index is 12.4. The number of aliphatic hydroxyl groups is 1. The molecule has 11 heteroatoms. The van der Waals surface area contributed by atoms with E-state index in [1.807, 2.05) is 0 Å². The van der Waals surface area contributed by atoms with Gasteiger partial charge in [-0.25, -0.2) is 15.0 Å². The number of nitrogens with zero attached hydrogens (tertiary/aromatic N) is 4. The van der Waals surface area contributed by atoms with Crippen molar-refractivity contribution in [1.29, 1.82) is 0 Å². The third kappa shape index (κ3) is 3.26. The van der Waals surface area contributed by atoms with E-state index in [0.29, 0.717) is 11.2 Å². The maximum Gasteiger partial charge on any atom is 0.303 e. The second kappa shape index (κ2) is 7.00. The molecule has 0 unspecified atom stereocenters. The van der Waals surface area contributed by atoms with Crippen LogP contribution in [0.25, 0.3) is 11.2 Å². The molecule has 3 rings (SSSR count). The Morgan fingerprint density at radius 2 is 2.00 bits per heavy atom. The third-order valence-corrected chi connectivity index (χ3v) is 4.25. The lowest BCUT2D eigenvalue weighted by atomic mass is 9.89. The van der Waals surface area contributed by atoms with Gasteiger partial charge in [-0.15, -0.1) is 0 Å². The number of fused-ring (bicyclic) bond motifs is 1. The molecule has 0 spiro atoms. The zero-order valence-corrected chi connectivity index (χ0v) is 14.9. The Hall–Kier alpha value is -2.92. The molecule has 1 aliphatic heterocycles. The van der Waals surface area contributed by atoms with E-state index in [0.717, 1.165) is 13.8 Å². The summed E-state index contributed by atoms with van der Waals surface area (Å²) in [4.78, 5) is 47.2. The van der Waals surface area contributed by atoms with Gasteiger partial charge in [0.1, 0.15) is 24.6 Å². The number of hydrogen-bond donors (Lipinski definition) is 1. The van der Waals surface area contributed by atoms with Gasteiger partial charge in [0.2, 0.25) is 5.60 Å². The quantitative estimate of drug-likeness (QED) is 0.679. The number of carbonyl (C=O) groups excluding carboxylic acids is 3. The monoisotopic (exact) mass is 378 g/mol. The number of esters is 2. The normalized spacial score (nSPS) is 27.5. The Morgan fingerprint density at radius 3 is 2.63 bits per heavy atom. The van der Waals surface area contributed by atoms with Crippen molar-refractivity contribution in [2.24, 2.45) is 0 Å². The van der Waals surface area contributed by atoms with Gasteiger partial charge in [-0.3, -0.25) is 19.0 Å². The van der Waals surface area contributed by atoms with E-state index in [1.165, 1.54) is 30.3 Å². The highest BCUT2D eigenvalue weighted by molar-refractivity contribution is 5.87. The maximum atomic E-state index is 12.4. The van der Waals surface area contributed by atoms with E-state index in [1.54, 1.807) is 0 Å². The van der Waals surface area contributed by atoms with Crippen LogP contribution in [0, 0.1) is 0 Å². The van der Waals surface area contributed by atoms with Crippen LogP contribution in [0.2, 0.25) is 0 Å². The first-order valence-corrected chi connectivity index (χ1v) is 8.07. The molecule has 11 nitrogen and oxygen atoms in total. The number of hydrogen-bond acceptors (Lipinski definition) is 10. The summed E-state index contributed by atoms with van der Waals surface area (Å²) < 4.78 is 17.3. The van der Waals surface area contributed by atoms with E-state index < -0.39 is 41.8 Å². The molecule has 3 heterocycles. The third-order valence-electron chi connectivity index (χ3n) is 4.25. The Morgan fingerprint density at radius 1 is 1.26 bits per heavy atom. The Labute approximate surface area is 153 Å². The molecule has 1 fully saturated rings. The van der Waals surface area contributed by atoms with Gasteiger partial charge < -0.3 is 19.3 Å². The van der Waals surface area contributed by atoms with Gasteiger partial charge in [0, 0.05) is 13.8 Å². The van der Waals surface area contributed by atoms with Crippen LogP contribution in [-0.4, -0.2) is 66.8 Å². The molecule has 2 aromatic heterocycles. The lowest BCUT2D eigenvalue weighted by Gasteiger charge is -2.31. The topological polar surface area (TPSA) is 143 Å². The standard InChI is InChI=1S/C16H18N4O7/c1-8(21)16(24)13(26-10(3)23)12(5-25-9(2)22)27-15(16)20-7-19-11-4-17-6-18-14(11)20/h4,6-7,12-13,15,24H,5H2,1-3H3/t12-,13-,15-,16-/m1/s1. The van der Waals surface area contributed by atoms with E-state index in [4.69, 9.17) is 14.2 Å². The molecule has 4 atom stereocenters. The van der Waals surface area contributed by atoms with E-state index >= 15 is 0 Å². The summed E-state index contributed by atoms with van der Waals surface area (Å²) in [5.41, 5.74) is -1.52. The van der Waals surface area contributed by atoms with Crippen molar-refractivity contribution in [3.05, 3.63) is 18.9 Å². The second-order valence-corrected chi connectivity index (χ2v) is 6.12. The number of carbonyl (C=O) groups is 3. The molecule has 0 aliphatic carbocycles. The highest BCUT2D eigenvalue weighted by atomic mass is 16.6. The van der Waals surface area contributed by atoms with Crippen LogP contribution >= 0.6 is 0 Å². The fourth-order valence-corrected chi connectivity index (χ4v) is 3.04. The molecule has 0 radical (unpaired) electrons. The molecule has 27 heavy (non-hydrogen) atoms. The molecule has 1 saturated heterocycles. The van der Waals surface area contributed by atoms with Crippen LogP contribution in [0.4, 0.5) is 0 Å². The van der Waals surface area contributed by atoms with Gasteiger partial charge >= 0.3 is 11.9 Å². The van der Waals surface area contributed by atoms with Gasteiger partial charge in [-0.05, 0) is 6.92 Å². The summed E-state index contributed by atoms with van der Waals surface area (Å²) >= 11 is 0. The number of ketones is 1. The van der Waals surface area contributed by atoms with Crippen molar-refractivity contribution in [1.82, 2.24) is 19.5 Å². The van der Waals surface area contributed by atoms with Gasteiger partial charge in [0.15, 0.2) is 23.8 Å². The Kier molecular flexibility index (Phi) is 4.89. The minimum absolute atomic E-state index is 0.310. The zero-order valence-electron chi connectivity index (χ0n) is 14.9. The number of ether oxygens (including phenoxy) is 3. The average Bonchev–Trinajstić information content (AvgIpc) is 3.13. The molecule has 144 valence electrons. The number of aromatic nitrogens is 4. The van der Waals surface area contributed by atoms with Crippen LogP contribution in [0.3, 0.4) is 0 Å². The van der Waals surface area contributed by atoms with Gasteiger partial charge in [-0.1, -0.05) is 0 Å². The number of rotatable bonds is 5. The molecule has 1 aliphatic rings. The van der Waals surface area contributed by atoms with E-state index in [-0.39, 0.29) is 6.61 Å².